The number of ether oxygens (including phenoxy) is 1. The van der Waals surface area contributed by atoms with E-state index in [0.717, 1.165) is 5.56 Å². The van der Waals surface area contributed by atoms with Crippen LogP contribution in [-0.4, -0.2) is 37.6 Å². The van der Waals surface area contributed by atoms with Crippen LogP contribution in [0.15, 0.2) is 30.3 Å². The van der Waals surface area contributed by atoms with Gasteiger partial charge in [0, 0.05) is 0 Å². The minimum Gasteiger partial charge on any atom is -0.481 e. The van der Waals surface area contributed by atoms with Crippen LogP contribution in [-0.2, 0) is 20.6 Å². The van der Waals surface area contributed by atoms with E-state index in [2.05, 4.69) is 39.2 Å². The average Bonchev–Trinajstić information content (AvgIpc) is 2.63. The van der Waals surface area contributed by atoms with E-state index < -0.39 is 38.4 Å². The first-order valence-electron chi connectivity index (χ1n) is 10.7. The maximum Gasteiger partial charge on any atom is 0.407 e. The van der Waals surface area contributed by atoms with Crippen LogP contribution in [0.2, 0.25) is 18.1 Å². The number of carboxylic acid groups (broad SMARTS) is 1. The fourth-order valence-corrected chi connectivity index (χ4v) is 4.34. The number of carboxylic acids is 1. The Bertz CT molecular complexity index is 685. The van der Waals surface area contributed by atoms with Crippen LogP contribution in [0, 0.1) is 11.8 Å². The van der Waals surface area contributed by atoms with Gasteiger partial charge >= 0.3 is 12.1 Å². The Kier molecular flexibility index (Phi) is 9.56. The molecule has 30 heavy (non-hydrogen) atoms. The summed E-state index contributed by atoms with van der Waals surface area (Å²) in [7, 11) is -2.28. The van der Waals surface area contributed by atoms with Gasteiger partial charge in [-0.3, -0.25) is 4.79 Å². The molecule has 0 radical (unpaired) electrons. The predicted molar refractivity (Wildman–Crippen MR) is 122 cm³/mol. The SMILES string of the molecule is CCC(C(=O)O)C(O[Si](C)(C)C(C)(C)C)[C@@H](NC(=O)OCc1ccccc1)C(C)C. The van der Waals surface area contributed by atoms with Crippen molar-refractivity contribution in [3.05, 3.63) is 35.9 Å². The summed E-state index contributed by atoms with van der Waals surface area (Å²) in [6, 6.07) is 8.95. The lowest BCUT2D eigenvalue weighted by molar-refractivity contribution is -0.146. The van der Waals surface area contributed by atoms with E-state index in [4.69, 9.17) is 9.16 Å². The smallest absolute Gasteiger partial charge is 0.407 e. The first-order chi connectivity index (χ1) is 13.8. The van der Waals surface area contributed by atoms with E-state index in [1.807, 2.05) is 51.1 Å². The molecule has 0 saturated carbocycles. The molecule has 0 aromatic heterocycles. The standard InChI is InChI=1S/C23H39NO5Si/c1-9-18(21(25)26)20(29-30(7,8)23(4,5)6)19(16(2)3)24-22(27)28-15-17-13-11-10-12-14-17/h10-14,16,18-20H,9,15H2,1-8H3,(H,24,27)(H,25,26)/t18?,19-,20?/m0/s1. The Hall–Kier alpha value is -1.86. The zero-order valence-corrected chi connectivity index (χ0v) is 20.7. The number of carbonyl (C=O) groups is 2. The second kappa shape index (κ2) is 11.0. The third kappa shape index (κ3) is 7.43. The van der Waals surface area contributed by atoms with Gasteiger partial charge in [0.25, 0.3) is 0 Å². The fraction of sp³-hybridized carbons (Fsp3) is 0.652. The third-order valence-corrected chi connectivity index (χ3v) is 10.4. The summed E-state index contributed by atoms with van der Waals surface area (Å²) in [5, 5.41) is 12.7. The highest BCUT2D eigenvalue weighted by molar-refractivity contribution is 6.74. The first kappa shape index (κ1) is 26.2. The zero-order valence-electron chi connectivity index (χ0n) is 19.7. The Labute approximate surface area is 182 Å². The van der Waals surface area contributed by atoms with Crippen LogP contribution in [0.1, 0.15) is 53.5 Å². The molecule has 0 spiro atoms. The summed E-state index contributed by atoms with van der Waals surface area (Å²) < 4.78 is 12.0. The minimum absolute atomic E-state index is 0.0301. The topological polar surface area (TPSA) is 84.9 Å². The molecule has 2 unspecified atom stereocenters. The van der Waals surface area contributed by atoms with Gasteiger partial charge in [0.1, 0.15) is 6.61 Å². The molecule has 0 saturated heterocycles. The summed E-state index contributed by atoms with van der Waals surface area (Å²) in [5.74, 6) is -1.66. The lowest BCUT2D eigenvalue weighted by atomic mass is 9.88. The van der Waals surface area contributed by atoms with Gasteiger partial charge in [-0.1, -0.05) is 71.9 Å². The van der Waals surface area contributed by atoms with Crippen LogP contribution in [0.25, 0.3) is 0 Å². The maximum atomic E-state index is 12.6. The number of rotatable bonds is 10. The molecule has 0 aliphatic rings. The first-order valence-corrected chi connectivity index (χ1v) is 13.6. The van der Waals surface area contributed by atoms with Crippen molar-refractivity contribution in [2.45, 2.75) is 84.8 Å². The van der Waals surface area contributed by atoms with Gasteiger partial charge in [0.2, 0.25) is 0 Å². The van der Waals surface area contributed by atoms with Crippen LogP contribution in [0.4, 0.5) is 4.79 Å². The van der Waals surface area contributed by atoms with Crippen molar-refractivity contribution in [1.82, 2.24) is 5.32 Å². The molecule has 1 rings (SSSR count). The largest absolute Gasteiger partial charge is 0.481 e. The van der Waals surface area contributed by atoms with Crippen molar-refractivity contribution in [3.63, 3.8) is 0 Å². The quantitative estimate of drug-likeness (QED) is 0.476. The van der Waals surface area contributed by atoms with E-state index in [1.54, 1.807) is 0 Å². The van der Waals surface area contributed by atoms with Gasteiger partial charge in [-0.25, -0.2) is 4.79 Å². The lowest BCUT2D eigenvalue weighted by Crippen LogP contribution is -2.57. The summed E-state index contributed by atoms with van der Waals surface area (Å²) in [6.45, 7) is 16.4. The highest BCUT2D eigenvalue weighted by Gasteiger charge is 2.45. The highest BCUT2D eigenvalue weighted by Crippen LogP contribution is 2.39. The number of alkyl carbamates (subject to hydrolysis) is 1. The van der Waals surface area contributed by atoms with E-state index >= 15 is 0 Å². The second-order valence-electron chi connectivity index (χ2n) is 9.67. The number of hydrogen-bond acceptors (Lipinski definition) is 4. The fourth-order valence-electron chi connectivity index (χ4n) is 3.00. The van der Waals surface area contributed by atoms with Crippen molar-refractivity contribution in [1.29, 1.82) is 0 Å². The molecule has 7 heteroatoms. The van der Waals surface area contributed by atoms with Crippen LogP contribution >= 0.6 is 0 Å². The number of amides is 1. The molecule has 0 heterocycles. The Balaban J connectivity index is 3.08. The van der Waals surface area contributed by atoms with Crippen molar-refractivity contribution in [2.24, 2.45) is 11.8 Å². The van der Waals surface area contributed by atoms with E-state index in [1.165, 1.54) is 0 Å². The van der Waals surface area contributed by atoms with Gasteiger partial charge in [0.05, 0.1) is 18.1 Å². The zero-order chi connectivity index (χ0) is 23.1. The molecular formula is C23H39NO5Si. The van der Waals surface area contributed by atoms with Crippen molar-refractivity contribution >= 4 is 20.4 Å². The van der Waals surface area contributed by atoms with Gasteiger partial charge < -0.3 is 19.6 Å². The number of aliphatic carboxylic acids is 1. The summed E-state index contributed by atoms with van der Waals surface area (Å²) in [5.41, 5.74) is 0.889. The molecule has 3 atom stereocenters. The van der Waals surface area contributed by atoms with Gasteiger partial charge in [0.15, 0.2) is 8.32 Å². The predicted octanol–water partition coefficient (Wildman–Crippen LogP) is 5.44. The molecule has 6 nitrogen and oxygen atoms in total. The summed E-state index contributed by atoms with van der Waals surface area (Å²) in [4.78, 5) is 24.6. The van der Waals surface area contributed by atoms with Gasteiger partial charge in [-0.2, -0.15) is 0 Å². The lowest BCUT2D eigenvalue weighted by Gasteiger charge is -2.44. The van der Waals surface area contributed by atoms with Crippen LogP contribution in [0.5, 0.6) is 0 Å². The molecule has 0 aliphatic carbocycles. The number of carbonyl (C=O) groups excluding carboxylic acids is 1. The van der Waals surface area contributed by atoms with Crippen molar-refractivity contribution in [2.75, 3.05) is 0 Å². The Morgan fingerprint density at radius 3 is 2.13 bits per heavy atom. The number of nitrogens with one attached hydrogen (secondary N) is 1. The molecule has 0 bridgehead atoms. The molecule has 0 aliphatic heterocycles. The Morgan fingerprint density at radius 1 is 1.13 bits per heavy atom. The van der Waals surface area contributed by atoms with Crippen LogP contribution in [0.3, 0.4) is 0 Å². The minimum atomic E-state index is -2.28. The van der Waals surface area contributed by atoms with Crippen molar-refractivity contribution < 1.29 is 23.9 Å². The van der Waals surface area contributed by atoms with E-state index in [-0.39, 0.29) is 17.6 Å². The van der Waals surface area contributed by atoms with E-state index in [9.17, 15) is 14.7 Å². The van der Waals surface area contributed by atoms with Gasteiger partial charge in [-0.05, 0) is 36.0 Å². The summed E-state index contributed by atoms with van der Waals surface area (Å²) >= 11 is 0. The van der Waals surface area contributed by atoms with Crippen molar-refractivity contribution in [3.8, 4) is 0 Å². The second-order valence-corrected chi connectivity index (χ2v) is 14.4. The number of hydrogen-bond donors (Lipinski definition) is 2. The molecule has 1 amide bonds. The number of benzene rings is 1. The van der Waals surface area contributed by atoms with Gasteiger partial charge in [-0.15, -0.1) is 0 Å². The Morgan fingerprint density at radius 2 is 1.70 bits per heavy atom. The molecule has 2 N–H and O–H groups in total. The third-order valence-electron chi connectivity index (χ3n) is 5.96. The van der Waals surface area contributed by atoms with E-state index in [0.29, 0.717) is 6.42 Å². The summed E-state index contributed by atoms with van der Waals surface area (Å²) in [6.07, 6.45) is -0.794. The molecule has 0 fully saturated rings. The maximum absolute atomic E-state index is 12.6. The highest BCUT2D eigenvalue weighted by atomic mass is 28.4. The molecule has 1 aromatic carbocycles. The average molecular weight is 438 g/mol. The van der Waals surface area contributed by atoms with Crippen LogP contribution < -0.4 is 5.32 Å². The molecule has 1 aromatic rings. The monoisotopic (exact) mass is 437 g/mol. The molecule has 170 valence electrons. The normalized spacial score (nSPS) is 15.4. The molecular weight excluding hydrogens is 398 g/mol.